The van der Waals surface area contributed by atoms with E-state index in [2.05, 4.69) is 5.32 Å². The maximum absolute atomic E-state index is 12.1. The molecule has 0 bridgehead atoms. The van der Waals surface area contributed by atoms with E-state index in [1.54, 1.807) is 16.7 Å². The van der Waals surface area contributed by atoms with Gasteiger partial charge in [-0.1, -0.05) is 0 Å². The van der Waals surface area contributed by atoms with Crippen molar-refractivity contribution >= 4 is 23.6 Å². The highest BCUT2D eigenvalue weighted by molar-refractivity contribution is 8.01. The maximum Gasteiger partial charge on any atom is 0.323 e. The Bertz CT molecular complexity index is 406. The van der Waals surface area contributed by atoms with E-state index < -0.39 is 12.1 Å². The van der Waals surface area contributed by atoms with Gasteiger partial charge in [0.25, 0.3) is 0 Å². The molecule has 0 radical (unpaired) electrons. The van der Waals surface area contributed by atoms with E-state index in [1.807, 2.05) is 0 Å². The third kappa shape index (κ3) is 2.93. The number of rotatable bonds is 3. The summed E-state index contributed by atoms with van der Waals surface area (Å²) in [4.78, 5) is 25.0. The summed E-state index contributed by atoms with van der Waals surface area (Å²) < 4.78 is 4.73. The Morgan fingerprint density at radius 3 is 2.90 bits per heavy atom. The highest BCUT2D eigenvalue weighted by atomic mass is 32.2. The minimum Gasteiger partial charge on any atom is -0.468 e. The predicted octanol–water partition coefficient (Wildman–Crippen LogP) is -1.50. The van der Waals surface area contributed by atoms with Crippen molar-refractivity contribution in [3.8, 4) is 0 Å². The molecule has 1 amide bonds. The fraction of sp³-hybridized carbons (Fsp3) is 0.833. The number of aliphatic hydroxyl groups excluding tert-OH is 1. The lowest BCUT2D eigenvalue weighted by atomic mass is 10.2. The number of hydrogen-bond donors (Lipinski definition) is 3. The number of methoxy groups -OCH3 is 1. The molecule has 2 rings (SSSR count). The summed E-state index contributed by atoms with van der Waals surface area (Å²) in [6, 6.07) is -1.22. The van der Waals surface area contributed by atoms with Crippen LogP contribution < -0.4 is 11.1 Å². The van der Waals surface area contributed by atoms with Gasteiger partial charge in [0.1, 0.15) is 12.1 Å². The molecule has 2 saturated heterocycles. The number of nitrogens with one attached hydrogen (secondary N) is 1. The molecule has 2 fully saturated rings. The smallest absolute Gasteiger partial charge is 0.323 e. The summed E-state index contributed by atoms with van der Waals surface area (Å²) in [6.07, 6.45) is -0.116. The SMILES string of the molecule is COC(=O)[C@@H]1CSC2(CCN(C(=O)[C@@H](N)[C@@H](C)O)C2)N1. The van der Waals surface area contributed by atoms with Crippen LogP contribution in [-0.2, 0) is 14.3 Å². The third-order valence-electron chi connectivity index (χ3n) is 3.80. The van der Waals surface area contributed by atoms with Crippen molar-refractivity contribution in [2.24, 2.45) is 5.73 Å². The van der Waals surface area contributed by atoms with E-state index in [4.69, 9.17) is 10.5 Å². The first-order valence-electron chi connectivity index (χ1n) is 6.60. The fourth-order valence-electron chi connectivity index (χ4n) is 2.54. The monoisotopic (exact) mass is 303 g/mol. The van der Waals surface area contributed by atoms with Crippen molar-refractivity contribution in [3.63, 3.8) is 0 Å². The lowest BCUT2D eigenvalue weighted by Gasteiger charge is -2.26. The van der Waals surface area contributed by atoms with Gasteiger partial charge in [0, 0.05) is 18.8 Å². The minimum absolute atomic E-state index is 0.249. The molecule has 114 valence electrons. The zero-order chi connectivity index (χ0) is 14.9. The molecule has 0 aliphatic carbocycles. The number of hydrogen-bond acceptors (Lipinski definition) is 7. The maximum atomic E-state index is 12.1. The fourth-order valence-corrected chi connectivity index (χ4v) is 3.95. The average Bonchev–Trinajstić information content (AvgIpc) is 3.04. The van der Waals surface area contributed by atoms with E-state index >= 15 is 0 Å². The van der Waals surface area contributed by atoms with E-state index in [0.29, 0.717) is 18.8 Å². The van der Waals surface area contributed by atoms with Crippen molar-refractivity contribution in [3.05, 3.63) is 0 Å². The number of carbonyl (C=O) groups is 2. The Morgan fingerprint density at radius 2 is 2.30 bits per heavy atom. The van der Waals surface area contributed by atoms with Crippen molar-refractivity contribution in [2.45, 2.75) is 36.4 Å². The van der Waals surface area contributed by atoms with Gasteiger partial charge in [-0.25, -0.2) is 0 Å². The second kappa shape index (κ2) is 5.88. The lowest BCUT2D eigenvalue weighted by molar-refractivity contribution is -0.142. The minimum atomic E-state index is -0.895. The summed E-state index contributed by atoms with van der Waals surface area (Å²) >= 11 is 1.64. The van der Waals surface area contributed by atoms with Crippen LogP contribution in [0.25, 0.3) is 0 Å². The van der Waals surface area contributed by atoms with E-state index in [-0.39, 0.29) is 22.8 Å². The number of ether oxygens (including phenoxy) is 1. The van der Waals surface area contributed by atoms with Gasteiger partial charge in [0.15, 0.2) is 0 Å². The Kier molecular flexibility index (Phi) is 4.58. The van der Waals surface area contributed by atoms with E-state index in [1.165, 1.54) is 14.0 Å². The normalized spacial score (nSPS) is 32.4. The number of nitrogens with two attached hydrogens (primary N) is 1. The summed E-state index contributed by atoms with van der Waals surface area (Å²) in [7, 11) is 1.37. The average molecular weight is 303 g/mol. The zero-order valence-corrected chi connectivity index (χ0v) is 12.5. The van der Waals surface area contributed by atoms with Crippen molar-refractivity contribution < 1.29 is 19.4 Å². The molecular weight excluding hydrogens is 282 g/mol. The first kappa shape index (κ1) is 15.6. The van der Waals surface area contributed by atoms with Crippen molar-refractivity contribution in [2.75, 3.05) is 26.0 Å². The first-order chi connectivity index (χ1) is 9.38. The van der Waals surface area contributed by atoms with Gasteiger partial charge < -0.3 is 20.5 Å². The van der Waals surface area contributed by atoms with E-state index in [0.717, 1.165) is 6.42 Å². The molecule has 2 aliphatic rings. The zero-order valence-electron chi connectivity index (χ0n) is 11.7. The number of nitrogens with zero attached hydrogens (tertiary/aromatic N) is 1. The van der Waals surface area contributed by atoms with Gasteiger partial charge in [-0.2, -0.15) is 0 Å². The standard InChI is InChI=1S/C12H21N3O4S/c1-7(16)9(13)10(17)15-4-3-12(6-15)14-8(5-20-12)11(18)19-2/h7-9,14,16H,3-6,13H2,1-2H3/t7-,8+,9+,12?/m1/s1. The Balaban J connectivity index is 1.96. The van der Waals surface area contributed by atoms with Crippen molar-refractivity contribution in [1.29, 1.82) is 0 Å². The summed E-state index contributed by atoms with van der Waals surface area (Å²) in [5, 5.41) is 12.7. The molecule has 7 nitrogen and oxygen atoms in total. The number of amides is 1. The summed E-state index contributed by atoms with van der Waals surface area (Å²) in [5.74, 6) is 0.109. The van der Waals surface area contributed by atoms with Gasteiger partial charge in [-0.05, 0) is 13.3 Å². The summed E-state index contributed by atoms with van der Waals surface area (Å²) in [6.45, 7) is 2.57. The molecular formula is C12H21N3O4S. The summed E-state index contributed by atoms with van der Waals surface area (Å²) in [5.41, 5.74) is 5.68. The third-order valence-corrected chi connectivity index (χ3v) is 5.30. The van der Waals surface area contributed by atoms with Crippen LogP contribution in [0.15, 0.2) is 0 Å². The molecule has 0 saturated carbocycles. The highest BCUT2D eigenvalue weighted by Gasteiger charge is 2.48. The molecule has 4 N–H and O–H groups in total. The topological polar surface area (TPSA) is 105 Å². The number of likely N-dealkylation sites (tertiary alicyclic amines) is 1. The molecule has 0 aromatic rings. The number of aliphatic hydroxyl groups is 1. The van der Waals surface area contributed by atoms with Gasteiger partial charge in [-0.3, -0.25) is 14.9 Å². The molecule has 0 aromatic carbocycles. The Hall–Kier alpha value is -0.830. The molecule has 1 unspecified atom stereocenters. The van der Waals surface area contributed by atoms with Gasteiger partial charge in [-0.15, -0.1) is 11.8 Å². The second-order valence-electron chi connectivity index (χ2n) is 5.30. The van der Waals surface area contributed by atoms with Crippen LogP contribution in [0.1, 0.15) is 13.3 Å². The van der Waals surface area contributed by atoms with Gasteiger partial charge in [0.05, 0.1) is 18.1 Å². The quantitative estimate of drug-likeness (QED) is 0.545. The lowest BCUT2D eigenvalue weighted by Crippen LogP contribution is -2.51. The van der Waals surface area contributed by atoms with Crippen molar-refractivity contribution in [1.82, 2.24) is 10.2 Å². The van der Waals surface area contributed by atoms with Gasteiger partial charge in [0.2, 0.25) is 5.91 Å². The van der Waals surface area contributed by atoms with Crippen LogP contribution in [0, 0.1) is 0 Å². The number of carbonyl (C=O) groups excluding carboxylic acids is 2. The second-order valence-corrected chi connectivity index (χ2v) is 6.71. The van der Waals surface area contributed by atoms with Crippen LogP contribution in [0.3, 0.4) is 0 Å². The van der Waals surface area contributed by atoms with Crippen LogP contribution in [0.4, 0.5) is 0 Å². The highest BCUT2D eigenvalue weighted by Crippen LogP contribution is 2.38. The Labute approximate surface area is 122 Å². The molecule has 1 spiro atoms. The molecule has 2 heterocycles. The predicted molar refractivity (Wildman–Crippen MR) is 75.0 cm³/mol. The van der Waals surface area contributed by atoms with Gasteiger partial charge >= 0.3 is 5.97 Å². The van der Waals surface area contributed by atoms with Crippen LogP contribution in [0.5, 0.6) is 0 Å². The number of thioether (sulfide) groups is 1. The molecule has 8 heteroatoms. The van der Waals surface area contributed by atoms with Crippen LogP contribution >= 0.6 is 11.8 Å². The van der Waals surface area contributed by atoms with Crippen LogP contribution in [0.2, 0.25) is 0 Å². The number of esters is 1. The molecule has 2 aliphatic heterocycles. The molecule has 0 aromatic heterocycles. The molecule has 20 heavy (non-hydrogen) atoms. The van der Waals surface area contributed by atoms with E-state index in [9.17, 15) is 14.7 Å². The Morgan fingerprint density at radius 1 is 1.60 bits per heavy atom. The first-order valence-corrected chi connectivity index (χ1v) is 7.59. The van der Waals surface area contributed by atoms with Crippen LogP contribution in [-0.4, -0.2) is 70.9 Å². The largest absolute Gasteiger partial charge is 0.468 e. The molecule has 4 atom stereocenters.